The van der Waals surface area contributed by atoms with Crippen molar-refractivity contribution in [3.63, 3.8) is 0 Å². The van der Waals surface area contributed by atoms with E-state index in [2.05, 4.69) is 46.5 Å². The molecule has 0 aliphatic carbocycles. The maximum Gasteiger partial charge on any atom is 0.191 e. The molecule has 2 aromatic carbocycles. The van der Waals surface area contributed by atoms with Crippen LogP contribution in [0.25, 0.3) is 0 Å². The summed E-state index contributed by atoms with van der Waals surface area (Å²) < 4.78 is 14.0. The van der Waals surface area contributed by atoms with E-state index in [-0.39, 0.29) is 42.4 Å². The summed E-state index contributed by atoms with van der Waals surface area (Å²) in [6.07, 6.45) is 0. The Morgan fingerprint density at radius 2 is 1.83 bits per heavy atom. The topological polar surface area (TPSA) is 63.4 Å². The second-order valence-corrected chi connectivity index (χ2v) is 6.37. The summed E-state index contributed by atoms with van der Waals surface area (Å²) in [6.45, 7) is 7.11. The normalized spacial score (nSPS) is 12.1. The van der Waals surface area contributed by atoms with E-state index >= 15 is 0 Å². The van der Waals surface area contributed by atoms with Crippen molar-refractivity contribution in [2.75, 3.05) is 26.7 Å². The third-order valence-electron chi connectivity index (χ3n) is 4.75. The zero-order valence-electron chi connectivity index (χ0n) is 17.2. The van der Waals surface area contributed by atoms with Crippen molar-refractivity contribution in [1.82, 2.24) is 15.5 Å². The zero-order valence-corrected chi connectivity index (χ0v) is 19.5. The van der Waals surface area contributed by atoms with Gasteiger partial charge in [0.25, 0.3) is 0 Å². The summed E-state index contributed by atoms with van der Waals surface area (Å²) in [5.74, 6) is 0.252. The molecule has 0 saturated carbocycles. The van der Waals surface area contributed by atoms with Crippen LogP contribution in [-0.4, -0.2) is 37.5 Å². The summed E-state index contributed by atoms with van der Waals surface area (Å²) in [4.78, 5) is 6.62. The molecule has 0 spiro atoms. The molecule has 0 radical (unpaired) electrons. The minimum absolute atomic E-state index is 0. The predicted molar refractivity (Wildman–Crippen MR) is 127 cm³/mol. The monoisotopic (exact) mass is 509 g/mol. The van der Waals surface area contributed by atoms with Crippen LogP contribution in [0.3, 0.4) is 0 Å². The summed E-state index contributed by atoms with van der Waals surface area (Å²) in [6, 6.07) is 16.9. The van der Waals surface area contributed by atoms with E-state index in [1.165, 1.54) is 17.7 Å². The van der Waals surface area contributed by atoms with Crippen LogP contribution in [0.2, 0.25) is 0 Å². The number of likely N-dealkylation sites (N-methyl/N-ethyl adjacent to an activating group) is 1. The zero-order chi connectivity index (χ0) is 20.4. The Labute approximate surface area is 190 Å². The standard InChI is InChI=1S/C22H28FN5.HI/c1-4-28(5-2)21(18-9-7-6-8-10-18)16-27-22(25-3)26-15-19-13-17(14-24)11-12-20(19)23;/h6-13,21H,4-5,15-16H2,1-3H3,(H2,25,26,27);1H. The van der Waals surface area contributed by atoms with E-state index in [1.807, 2.05) is 24.3 Å². The maximum absolute atomic E-state index is 14.0. The molecule has 0 aliphatic rings. The number of hydrogen-bond acceptors (Lipinski definition) is 3. The highest BCUT2D eigenvalue weighted by Gasteiger charge is 2.18. The first kappa shape index (κ1) is 24.9. The van der Waals surface area contributed by atoms with Crippen molar-refractivity contribution in [2.24, 2.45) is 4.99 Å². The van der Waals surface area contributed by atoms with Crippen LogP contribution < -0.4 is 10.6 Å². The van der Waals surface area contributed by atoms with Crippen LogP contribution in [0.4, 0.5) is 4.39 Å². The van der Waals surface area contributed by atoms with Gasteiger partial charge in [0.15, 0.2) is 5.96 Å². The van der Waals surface area contributed by atoms with Crippen LogP contribution in [0.15, 0.2) is 53.5 Å². The maximum atomic E-state index is 14.0. The smallest absolute Gasteiger partial charge is 0.191 e. The van der Waals surface area contributed by atoms with E-state index in [4.69, 9.17) is 5.26 Å². The van der Waals surface area contributed by atoms with Gasteiger partial charge in [0.05, 0.1) is 17.7 Å². The van der Waals surface area contributed by atoms with E-state index in [0.717, 1.165) is 13.1 Å². The summed E-state index contributed by atoms with van der Waals surface area (Å²) in [7, 11) is 1.69. The van der Waals surface area contributed by atoms with Gasteiger partial charge >= 0.3 is 0 Å². The number of guanidine groups is 1. The van der Waals surface area contributed by atoms with Gasteiger partial charge in [-0.3, -0.25) is 9.89 Å². The number of aliphatic imine (C=N–C) groups is 1. The van der Waals surface area contributed by atoms with Crippen molar-refractivity contribution in [1.29, 1.82) is 5.26 Å². The molecule has 5 nitrogen and oxygen atoms in total. The summed E-state index contributed by atoms with van der Waals surface area (Å²) >= 11 is 0. The minimum atomic E-state index is -0.341. The molecule has 0 aliphatic heterocycles. The first-order chi connectivity index (χ1) is 13.6. The first-order valence-corrected chi connectivity index (χ1v) is 9.54. The van der Waals surface area contributed by atoms with E-state index in [9.17, 15) is 4.39 Å². The van der Waals surface area contributed by atoms with Crippen molar-refractivity contribution >= 4 is 29.9 Å². The van der Waals surface area contributed by atoms with Gasteiger partial charge in [0.1, 0.15) is 5.82 Å². The van der Waals surface area contributed by atoms with Crippen LogP contribution in [0.5, 0.6) is 0 Å². The molecule has 2 aromatic rings. The third-order valence-corrected chi connectivity index (χ3v) is 4.75. The fourth-order valence-electron chi connectivity index (χ4n) is 3.17. The number of nitrogens with zero attached hydrogens (tertiary/aromatic N) is 3. The minimum Gasteiger partial charge on any atom is -0.354 e. The molecule has 0 fully saturated rings. The van der Waals surface area contributed by atoms with Gasteiger partial charge in [-0.15, -0.1) is 24.0 Å². The average molecular weight is 509 g/mol. The summed E-state index contributed by atoms with van der Waals surface area (Å²) in [5.41, 5.74) is 2.11. The highest BCUT2D eigenvalue weighted by atomic mass is 127. The van der Waals surface area contributed by atoms with Crippen molar-refractivity contribution in [3.05, 3.63) is 71.0 Å². The van der Waals surface area contributed by atoms with Crippen LogP contribution in [0, 0.1) is 17.1 Å². The van der Waals surface area contributed by atoms with Gasteiger partial charge in [-0.25, -0.2) is 4.39 Å². The third kappa shape index (κ3) is 7.29. The fraction of sp³-hybridized carbons (Fsp3) is 0.364. The van der Waals surface area contributed by atoms with E-state index < -0.39 is 0 Å². The van der Waals surface area contributed by atoms with Gasteiger partial charge < -0.3 is 10.6 Å². The Morgan fingerprint density at radius 3 is 2.41 bits per heavy atom. The van der Waals surface area contributed by atoms with Crippen LogP contribution in [-0.2, 0) is 6.54 Å². The molecule has 7 heteroatoms. The Hall–Kier alpha value is -2.18. The average Bonchev–Trinajstić information content (AvgIpc) is 2.74. The molecule has 2 rings (SSSR count). The molecule has 2 N–H and O–H groups in total. The molecule has 156 valence electrons. The Morgan fingerprint density at radius 1 is 1.14 bits per heavy atom. The molecule has 29 heavy (non-hydrogen) atoms. The van der Waals surface area contributed by atoms with E-state index in [0.29, 0.717) is 23.6 Å². The van der Waals surface area contributed by atoms with Gasteiger partial charge in [-0.05, 0) is 36.9 Å². The van der Waals surface area contributed by atoms with Crippen LogP contribution >= 0.6 is 24.0 Å². The summed E-state index contributed by atoms with van der Waals surface area (Å²) in [5, 5.41) is 15.5. The largest absolute Gasteiger partial charge is 0.354 e. The lowest BCUT2D eigenvalue weighted by atomic mass is 10.1. The molecule has 1 atom stereocenters. The highest BCUT2D eigenvalue weighted by Crippen LogP contribution is 2.19. The molecular formula is C22H29FIN5. The molecule has 0 saturated heterocycles. The Balaban J connectivity index is 0.00000420. The second-order valence-electron chi connectivity index (χ2n) is 6.37. The number of nitrogens with one attached hydrogen (secondary N) is 2. The lowest BCUT2D eigenvalue weighted by molar-refractivity contribution is 0.219. The fourth-order valence-corrected chi connectivity index (χ4v) is 3.17. The molecule has 0 heterocycles. The van der Waals surface area contributed by atoms with Crippen molar-refractivity contribution in [3.8, 4) is 6.07 Å². The van der Waals surface area contributed by atoms with Gasteiger partial charge in [0, 0.05) is 25.7 Å². The molecule has 0 amide bonds. The van der Waals surface area contributed by atoms with Crippen molar-refractivity contribution < 1.29 is 4.39 Å². The Kier molecular flexibility index (Phi) is 11.2. The van der Waals surface area contributed by atoms with Crippen molar-refractivity contribution in [2.45, 2.75) is 26.4 Å². The molecule has 1 unspecified atom stereocenters. The lowest BCUT2D eigenvalue weighted by Crippen LogP contribution is -2.43. The predicted octanol–water partition coefficient (Wildman–Crippen LogP) is 4.06. The quantitative estimate of drug-likeness (QED) is 0.320. The lowest BCUT2D eigenvalue weighted by Gasteiger charge is -2.30. The molecular weight excluding hydrogens is 480 g/mol. The highest BCUT2D eigenvalue weighted by molar-refractivity contribution is 14.0. The van der Waals surface area contributed by atoms with Crippen LogP contribution in [0.1, 0.15) is 36.6 Å². The second kappa shape index (κ2) is 13.1. The van der Waals surface area contributed by atoms with Gasteiger partial charge in [-0.1, -0.05) is 44.2 Å². The number of hydrogen-bond donors (Lipinski definition) is 2. The Bertz CT molecular complexity index is 816. The molecule has 0 bridgehead atoms. The number of halogens is 2. The number of benzene rings is 2. The van der Waals surface area contributed by atoms with Gasteiger partial charge in [-0.2, -0.15) is 5.26 Å². The molecule has 0 aromatic heterocycles. The van der Waals surface area contributed by atoms with E-state index in [1.54, 1.807) is 13.1 Å². The SMILES string of the molecule is CCN(CC)C(CNC(=NC)NCc1cc(C#N)ccc1F)c1ccccc1.I. The first-order valence-electron chi connectivity index (χ1n) is 9.54. The number of nitriles is 1. The number of rotatable bonds is 8. The van der Waals surface area contributed by atoms with Gasteiger partial charge in [0.2, 0.25) is 0 Å².